The van der Waals surface area contributed by atoms with E-state index in [2.05, 4.69) is 31.3 Å². The molecular weight excluding hydrogens is 691 g/mol. The normalized spacial score (nSPS) is 13.4. The zero-order chi connectivity index (χ0) is 40.8. The molecule has 3 atom stereocenters. The molecule has 3 unspecified atom stereocenters. The third-order valence-corrected chi connectivity index (χ3v) is 12.1. The van der Waals surface area contributed by atoms with Crippen LogP contribution in [-0.2, 0) is 4.79 Å². The molecule has 5 heteroatoms. The first kappa shape index (κ1) is 55.1. The second-order valence-electron chi connectivity index (χ2n) is 17.8. The van der Waals surface area contributed by atoms with Crippen LogP contribution in [0.4, 0.5) is 0 Å². The Hall–Kier alpha value is -0.910. The van der Waals surface area contributed by atoms with E-state index in [1.807, 2.05) is 0 Å². The maximum atomic E-state index is 12.5. The largest absolute Gasteiger partial charge is 0.394 e. The van der Waals surface area contributed by atoms with Gasteiger partial charge in [0.2, 0.25) is 5.91 Å². The molecule has 0 aliphatic heterocycles. The summed E-state index contributed by atoms with van der Waals surface area (Å²) in [6, 6.07) is -0.659. The Labute approximate surface area is 350 Å². The average molecular weight is 792 g/mol. The summed E-state index contributed by atoms with van der Waals surface area (Å²) in [5.74, 6) is -0.283. The van der Waals surface area contributed by atoms with Gasteiger partial charge in [-0.15, -0.1) is 0 Å². The zero-order valence-electron chi connectivity index (χ0n) is 38.0. The number of hydrogen-bond acceptors (Lipinski definition) is 4. The molecule has 0 spiro atoms. The fraction of sp³-hybridized carbons (Fsp3) is 0.941. The van der Waals surface area contributed by atoms with Crippen LogP contribution in [0.1, 0.15) is 284 Å². The lowest BCUT2D eigenvalue weighted by molar-refractivity contribution is -0.125. The summed E-state index contributed by atoms with van der Waals surface area (Å²) < 4.78 is 0. The molecule has 0 bridgehead atoms. The molecule has 334 valence electrons. The molecule has 1 amide bonds. The molecule has 0 saturated heterocycles. The number of allylic oxidation sites excluding steroid dienone is 2. The maximum absolute atomic E-state index is 12.5. The fourth-order valence-electron chi connectivity index (χ4n) is 8.17. The topological polar surface area (TPSA) is 89.8 Å². The summed E-state index contributed by atoms with van der Waals surface area (Å²) in [6.07, 6.45) is 56.3. The van der Waals surface area contributed by atoms with Crippen LogP contribution < -0.4 is 5.32 Å². The SMILES string of the molecule is CCCCCCCCCCCC/C=C\CCCCCCCC(O)CC(=O)NC(CO)C(O)CCCCCCCCCCCCCCCCCCCCCCCC. The van der Waals surface area contributed by atoms with Gasteiger partial charge < -0.3 is 20.6 Å². The predicted octanol–water partition coefficient (Wildman–Crippen LogP) is 15.2. The lowest BCUT2D eigenvalue weighted by Crippen LogP contribution is -2.46. The number of carbonyl (C=O) groups excluding carboxylic acids is 1. The molecule has 0 aliphatic carbocycles. The molecule has 5 nitrogen and oxygen atoms in total. The van der Waals surface area contributed by atoms with Crippen LogP contribution in [0, 0.1) is 0 Å². The van der Waals surface area contributed by atoms with Crippen molar-refractivity contribution in [1.29, 1.82) is 0 Å². The van der Waals surface area contributed by atoms with E-state index < -0.39 is 18.2 Å². The van der Waals surface area contributed by atoms with Crippen LogP contribution in [0.5, 0.6) is 0 Å². The fourth-order valence-corrected chi connectivity index (χ4v) is 8.17. The van der Waals surface area contributed by atoms with Gasteiger partial charge in [0, 0.05) is 0 Å². The number of nitrogens with one attached hydrogen (secondary N) is 1. The Morgan fingerprint density at radius 2 is 0.714 bits per heavy atom. The molecule has 56 heavy (non-hydrogen) atoms. The number of rotatable bonds is 47. The molecule has 0 saturated carbocycles. The number of carbonyl (C=O) groups is 1. The smallest absolute Gasteiger partial charge is 0.222 e. The monoisotopic (exact) mass is 792 g/mol. The van der Waals surface area contributed by atoms with Gasteiger partial charge in [-0.3, -0.25) is 4.79 Å². The van der Waals surface area contributed by atoms with E-state index in [0.29, 0.717) is 12.8 Å². The van der Waals surface area contributed by atoms with Crippen molar-refractivity contribution < 1.29 is 20.1 Å². The number of unbranched alkanes of at least 4 members (excludes halogenated alkanes) is 36. The van der Waals surface area contributed by atoms with Crippen LogP contribution >= 0.6 is 0 Å². The van der Waals surface area contributed by atoms with Gasteiger partial charge in [0.1, 0.15) is 0 Å². The molecule has 4 N–H and O–H groups in total. The molecule has 0 aromatic carbocycles. The van der Waals surface area contributed by atoms with E-state index in [9.17, 15) is 20.1 Å². The van der Waals surface area contributed by atoms with E-state index in [4.69, 9.17) is 0 Å². The van der Waals surface area contributed by atoms with E-state index in [-0.39, 0.29) is 18.9 Å². The van der Waals surface area contributed by atoms with Crippen LogP contribution in [0.15, 0.2) is 12.2 Å². The Balaban J connectivity index is 3.56. The summed E-state index contributed by atoms with van der Waals surface area (Å²) in [7, 11) is 0. The van der Waals surface area contributed by atoms with E-state index in [1.165, 1.54) is 218 Å². The van der Waals surface area contributed by atoms with Crippen molar-refractivity contribution in [2.24, 2.45) is 0 Å². The van der Waals surface area contributed by atoms with Gasteiger partial charge in [-0.2, -0.15) is 0 Å². The second-order valence-corrected chi connectivity index (χ2v) is 17.8. The summed E-state index contributed by atoms with van der Waals surface area (Å²) in [5, 5.41) is 33.5. The van der Waals surface area contributed by atoms with Crippen LogP contribution in [0.3, 0.4) is 0 Å². The van der Waals surface area contributed by atoms with E-state index >= 15 is 0 Å². The minimum Gasteiger partial charge on any atom is -0.394 e. The van der Waals surface area contributed by atoms with Gasteiger partial charge >= 0.3 is 0 Å². The van der Waals surface area contributed by atoms with Gasteiger partial charge in [-0.05, 0) is 38.5 Å². The van der Waals surface area contributed by atoms with Gasteiger partial charge in [-0.1, -0.05) is 251 Å². The van der Waals surface area contributed by atoms with Crippen LogP contribution in [0.25, 0.3) is 0 Å². The summed E-state index contributed by atoms with van der Waals surface area (Å²) >= 11 is 0. The van der Waals surface area contributed by atoms with Crippen LogP contribution in [-0.4, -0.2) is 46.1 Å². The highest BCUT2D eigenvalue weighted by atomic mass is 16.3. The minimum absolute atomic E-state index is 0.0342. The number of aliphatic hydroxyl groups is 3. The summed E-state index contributed by atoms with van der Waals surface area (Å²) in [6.45, 7) is 4.29. The van der Waals surface area contributed by atoms with Crippen molar-refractivity contribution in [2.75, 3.05) is 6.61 Å². The van der Waals surface area contributed by atoms with Crippen molar-refractivity contribution in [3.8, 4) is 0 Å². The summed E-state index contributed by atoms with van der Waals surface area (Å²) in [5.41, 5.74) is 0. The van der Waals surface area contributed by atoms with E-state index in [0.717, 1.165) is 32.1 Å². The molecule has 0 aromatic heterocycles. The van der Waals surface area contributed by atoms with Gasteiger partial charge in [0.25, 0.3) is 0 Å². The predicted molar refractivity (Wildman–Crippen MR) is 245 cm³/mol. The lowest BCUT2D eigenvalue weighted by Gasteiger charge is -2.23. The first-order chi connectivity index (χ1) is 27.5. The van der Waals surface area contributed by atoms with Crippen molar-refractivity contribution in [3.63, 3.8) is 0 Å². The molecular formula is C51H101NO4. The first-order valence-electron chi connectivity index (χ1n) is 25.5. The molecule has 0 heterocycles. The van der Waals surface area contributed by atoms with Gasteiger partial charge in [-0.25, -0.2) is 0 Å². The Bertz CT molecular complexity index is 788. The Morgan fingerprint density at radius 3 is 1.04 bits per heavy atom. The Kier molecular flexibility index (Phi) is 46.0. The third-order valence-electron chi connectivity index (χ3n) is 12.1. The molecule has 0 aromatic rings. The number of amides is 1. The van der Waals surface area contributed by atoms with Gasteiger partial charge in [0.05, 0.1) is 31.3 Å². The first-order valence-corrected chi connectivity index (χ1v) is 25.5. The standard InChI is InChI=1S/C51H101NO4/c1-3-5-7-9-11-13-15-17-19-21-23-24-25-27-29-31-33-35-37-39-41-43-45-50(55)49(47-53)52-51(56)46-48(54)44-42-40-38-36-34-32-30-28-26-22-20-18-16-14-12-10-8-6-4-2/h28,30,48-50,53-55H,3-27,29,31-47H2,1-2H3,(H,52,56)/b30-28-. The zero-order valence-corrected chi connectivity index (χ0v) is 38.0. The maximum Gasteiger partial charge on any atom is 0.222 e. The third kappa shape index (κ3) is 42.7. The Morgan fingerprint density at radius 1 is 0.429 bits per heavy atom. The average Bonchev–Trinajstić information content (AvgIpc) is 3.19. The number of aliphatic hydroxyl groups excluding tert-OH is 3. The van der Waals surface area contributed by atoms with E-state index in [1.54, 1.807) is 0 Å². The highest BCUT2D eigenvalue weighted by Gasteiger charge is 2.21. The second kappa shape index (κ2) is 46.8. The highest BCUT2D eigenvalue weighted by molar-refractivity contribution is 5.76. The molecule has 0 radical (unpaired) electrons. The van der Waals surface area contributed by atoms with Crippen molar-refractivity contribution >= 4 is 5.91 Å². The molecule has 0 aliphatic rings. The molecule has 0 fully saturated rings. The van der Waals surface area contributed by atoms with Gasteiger partial charge in [0.15, 0.2) is 0 Å². The summed E-state index contributed by atoms with van der Waals surface area (Å²) in [4.78, 5) is 12.5. The minimum atomic E-state index is -0.749. The number of hydrogen-bond donors (Lipinski definition) is 4. The quantitative estimate of drug-likeness (QED) is 0.0365. The lowest BCUT2D eigenvalue weighted by atomic mass is 10.0. The van der Waals surface area contributed by atoms with Crippen molar-refractivity contribution in [3.05, 3.63) is 12.2 Å². The molecule has 0 rings (SSSR count). The van der Waals surface area contributed by atoms with Crippen molar-refractivity contribution in [1.82, 2.24) is 5.32 Å². The van der Waals surface area contributed by atoms with Crippen molar-refractivity contribution in [2.45, 2.75) is 302 Å². The van der Waals surface area contributed by atoms with Crippen LogP contribution in [0.2, 0.25) is 0 Å². The highest BCUT2D eigenvalue weighted by Crippen LogP contribution is 2.17.